The molecule has 0 aliphatic carbocycles. The fourth-order valence-electron chi connectivity index (χ4n) is 1.18. The highest BCUT2D eigenvalue weighted by atomic mass is 35.5. The molecule has 0 saturated carbocycles. The van der Waals surface area contributed by atoms with Crippen molar-refractivity contribution < 1.29 is 13.2 Å². The fraction of sp³-hybridized carbons (Fsp3) is 0.364. The van der Waals surface area contributed by atoms with Crippen LogP contribution in [0.1, 0.15) is 25.0 Å². The molecule has 0 N–H and O–H groups in total. The smallest absolute Gasteiger partial charge is 0.197 e. The predicted octanol–water partition coefficient (Wildman–Crippen LogP) is 4.16. The van der Waals surface area contributed by atoms with E-state index in [0.29, 0.717) is 0 Å². The Labute approximate surface area is 96.4 Å². The summed E-state index contributed by atoms with van der Waals surface area (Å²) in [4.78, 5) is 0. The Hall–Kier alpha value is -1.21. The van der Waals surface area contributed by atoms with E-state index in [0.717, 1.165) is 12.1 Å². The summed E-state index contributed by atoms with van der Waals surface area (Å²) < 4.78 is 37.5. The molecule has 0 atom stereocenters. The van der Waals surface area contributed by atoms with Crippen LogP contribution in [0.3, 0.4) is 0 Å². The number of rotatable bonds is 1. The van der Waals surface area contributed by atoms with Gasteiger partial charge in [-0.15, -0.1) is 0 Å². The summed E-state index contributed by atoms with van der Waals surface area (Å²) in [6, 6.07) is 5.11. The van der Waals surface area contributed by atoms with Crippen LogP contribution < -0.4 is 0 Å². The van der Waals surface area contributed by atoms with Crippen molar-refractivity contribution in [2.75, 3.05) is 0 Å². The molecule has 0 saturated heterocycles. The Morgan fingerprint density at radius 1 is 1.12 bits per heavy atom. The predicted molar refractivity (Wildman–Crippen MR) is 55.1 cm³/mol. The third-order valence-corrected chi connectivity index (χ3v) is 2.44. The normalized spacial score (nSPS) is 12.3. The van der Waals surface area contributed by atoms with E-state index >= 15 is 0 Å². The largest absolute Gasteiger partial charge is 0.416 e. The number of benzene rings is 1. The van der Waals surface area contributed by atoms with Crippen LogP contribution in [-0.2, 0) is 11.6 Å². The van der Waals surface area contributed by atoms with Crippen LogP contribution in [0.25, 0.3) is 0 Å². The van der Waals surface area contributed by atoms with Gasteiger partial charge < -0.3 is 0 Å². The summed E-state index contributed by atoms with van der Waals surface area (Å²) in [7, 11) is 0. The van der Waals surface area contributed by atoms with Crippen LogP contribution in [0, 0.1) is 11.3 Å². The second kappa shape index (κ2) is 3.99. The molecule has 1 aromatic carbocycles. The SMILES string of the molecule is CC(C)(C#N)c1cc(Cl)cc(C(F)(F)F)c1. The lowest BCUT2D eigenvalue weighted by atomic mass is 9.85. The first-order chi connectivity index (χ1) is 7.16. The molecule has 1 nitrogen and oxygen atoms in total. The van der Waals surface area contributed by atoms with Gasteiger partial charge in [-0.25, -0.2) is 0 Å². The van der Waals surface area contributed by atoms with Crippen molar-refractivity contribution in [3.8, 4) is 6.07 Å². The highest BCUT2D eigenvalue weighted by molar-refractivity contribution is 6.30. The number of hydrogen-bond acceptors (Lipinski definition) is 1. The zero-order valence-corrected chi connectivity index (χ0v) is 9.45. The lowest BCUT2D eigenvalue weighted by Gasteiger charge is -2.18. The maximum atomic E-state index is 12.5. The highest BCUT2D eigenvalue weighted by Crippen LogP contribution is 2.34. The topological polar surface area (TPSA) is 23.8 Å². The zero-order valence-electron chi connectivity index (χ0n) is 8.69. The Bertz CT molecular complexity index is 444. The minimum atomic E-state index is -4.45. The van der Waals surface area contributed by atoms with E-state index in [1.165, 1.54) is 6.07 Å². The van der Waals surface area contributed by atoms with Gasteiger partial charge in [-0.3, -0.25) is 0 Å². The average molecular weight is 248 g/mol. The van der Waals surface area contributed by atoms with Crippen LogP contribution in [0.5, 0.6) is 0 Å². The maximum Gasteiger partial charge on any atom is 0.416 e. The lowest BCUT2D eigenvalue weighted by Crippen LogP contribution is -2.16. The third-order valence-electron chi connectivity index (χ3n) is 2.23. The van der Waals surface area contributed by atoms with Gasteiger partial charge in [0.05, 0.1) is 17.0 Å². The average Bonchev–Trinajstić information content (AvgIpc) is 2.15. The Morgan fingerprint density at radius 3 is 2.06 bits per heavy atom. The molecular formula is C11H9ClF3N. The minimum Gasteiger partial charge on any atom is -0.197 e. The molecule has 5 heteroatoms. The van der Waals surface area contributed by atoms with Gasteiger partial charge >= 0.3 is 6.18 Å². The Kier molecular flexibility index (Phi) is 3.20. The molecule has 0 fully saturated rings. The van der Waals surface area contributed by atoms with Crippen LogP contribution in [0.15, 0.2) is 18.2 Å². The minimum absolute atomic E-state index is 0.0202. The summed E-state index contributed by atoms with van der Waals surface area (Å²) in [6.45, 7) is 3.08. The second-order valence-electron chi connectivity index (χ2n) is 3.96. The molecule has 0 bridgehead atoms. The first-order valence-corrected chi connectivity index (χ1v) is 4.84. The van der Waals surface area contributed by atoms with Crippen LogP contribution >= 0.6 is 11.6 Å². The first-order valence-electron chi connectivity index (χ1n) is 4.46. The molecule has 0 aromatic heterocycles. The fourth-order valence-corrected chi connectivity index (χ4v) is 1.41. The molecule has 0 heterocycles. The van der Waals surface area contributed by atoms with Crippen molar-refractivity contribution in [2.45, 2.75) is 25.4 Å². The van der Waals surface area contributed by atoms with Gasteiger partial charge in [0, 0.05) is 5.02 Å². The molecular weight excluding hydrogens is 239 g/mol. The van der Waals surface area contributed by atoms with E-state index in [9.17, 15) is 13.2 Å². The van der Waals surface area contributed by atoms with Crippen molar-refractivity contribution in [1.82, 2.24) is 0 Å². The number of alkyl halides is 3. The Morgan fingerprint density at radius 2 is 1.62 bits per heavy atom. The van der Waals surface area contributed by atoms with Crippen LogP contribution in [0.4, 0.5) is 13.2 Å². The van der Waals surface area contributed by atoms with Crippen LogP contribution in [-0.4, -0.2) is 0 Å². The number of hydrogen-bond donors (Lipinski definition) is 0. The quantitative estimate of drug-likeness (QED) is 0.731. The van der Waals surface area contributed by atoms with Gasteiger partial charge in [0.15, 0.2) is 0 Å². The van der Waals surface area contributed by atoms with Gasteiger partial charge in [-0.1, -0.05) is 11.6 Å². The number of nitriles is 1. The number of halogens is 4. The summed E-state index contributed by atoms with van der Waals surface area (Å²) in [5, 5.41) is 8.84. The molecule has 0 amide bonds. The molecule has 0 aliphatic heterocycles. The molecule has 0 spiro atoms. The van der Waals surface area contributed by atoms with Crippen molar-refractivity contribution in [3.63, 3.8) is 0 Å². The van der Waals surface area contributed by atoms with Crippen molar-refractivity contribution in [3.05, 3.63) is 34.3 Å². The van der Waals surface area contributed by atoms with E-state index in [-0.39, 0.29) is 10.6 Å². The van der Waals surface area contributed by atoms with E-state index < -0.39 is 17.2 Å². The monoisotopic (exact) mass is 247 g/mol. The van der Waals surface area contributed by atoms with Gasteiger partial charge in [0.2, 0.25) is 0 Å². The van der Waals surface area contributed by atoms with Crippen molar-refractivity contribution in [1.29, 1.82) is 5.26 Å². The third kappa shape index (κ3) is 2.67. The molecule has 1 rings (SSSR count). The summed E-state index contributed by atoms with van der Waals surface area (Å²) >= 11 is 5.61. The Balaban J connectivity index is 3.36. The molecule has 86 valence electrons. The maximum absolute atomic E-state index is 12.5. The van der Waals surface area contributed by atoms with Crippen LogP contribution in [0.2, 0.25) is 5.02 Å². The summed E-state index contributed by atoms with van der Waals surface area (Å²) in [5.41, 5.74) is -1.57. The van der Waals surface area contributed by atoms with E-state index in [1.54, 1.807) is 13.8 Å². The molecule has 0 aliphatic rings. The standard InChI is InChI=1S/C11H9ClF3N/c1-10(2,6-16)7-3-8(11(13,14)15)5-9(12)4-7/h3-5H,1-2H3. The lowest BCUT2D eigenvalue weighted by molar-refractivity contribution is -0.137. The van der Waals surface area contributed by atoms with E-state index in [2.05, 4.69) is 0 Å². The molecule has 1 aromatic rings. The summed E-state index contributed by atoms with van der Waals surface area (Å²) in [5.74, 6) is 0. The van der Waals surface area contributed by atoms with E-state index in [4.69, 9.17) is 16.9 Å². The molecule has 0 radical (unpaired) electrons. The molecule has 0 unspecified atom stereocenters. The highest BCUT2D eigenvalue weighted by Gasteiger charge is 2.33. The number of nitrogens with zero attached hydrogens (tertiary/aromatic N) is 1. The van der Waals surface area contributed by atoms with Gasteiger partial charge in [-0.2, -0.15) is 18.4 Å². The molecule has 16 heavy (non-hydrogen) atoms. The second-order valence-corrected chi connectivity index (χ2v) is 4.40. The first kappa shape index (κ1) is 12.9. The van der Waals surface area contributed by atoms with E-state index in [1.807, 2.05) is 6.07 Å². The van der Waals surface area contributed by atoms with Gasteiger partial charge in [0.25, 0.3) is 0 Å². The van der Waals surface area contributed by atoms with Gasteiger partial charge in [-0.05, 0) is 37.6 Å². The van der Waals surface area contributed by atoms with Crippen molar-refractivity contribution in [2.24, 2.45) is 0 Å². The summed E-state index contributed by atoms with van der Waals surface area (Å²) in [6.07, 6.45) is -4.45. The zero-order chi connectivity index (χ0) is 12.6. The van der Waals surface area contributed by atoms with Crippen molar-refractivity contribution >= 4 is 11.6 Å². The van der Waals surface area contributed by atoms with Gasteiger partial charge in [0.1, 0.15) is 0 Å².